The first-order valence-electron chi connectivity index (χ1n) is 6.54. The minimum atomic E-state index is -1.30. The van der Waals surface area contributed by atoms with E-state index < -0.39 is 17.8 Å². The number of aryl methyl sites for hydroxylation is 1. The molecule has 1 aromatic carbocycles. The summed E-state index contributed by atoms with van der Waals surface area (Å²) in [5.74, 6) is -0.227. The second-order valence-electron chi connectivity index (χ2n) is 5.14. The third-order valence-corrected chi connectivity index (χ3v) is 3.70. The Morgan fingerprint density at radius 1 is 1.48 bits per heavy atom. The molecule has 1 aliphatic heterocycles. The van der Waals surface area contributed by atoms with Gasteiger partial charge in [-0.2, -0.15) is 0 Å². The zero-order valence-electron chi connectivity index (χ0n) is 11.7. The fraction of sp³-hybridized carbons (Fsp3) is 0.267. The average Bonchev–Trinajstić information content (AvgIpc) is 2.95. The summed E-state index contributed by atoms with van der Waals surface area (Å²) in [5.41, 5.74) is 2.03. The Kier molecular flexibility index (Phi) is 3.17. The second-order valence-corrected chi connectivity index (χ2v) is 5.14. The molecule has 1 atom stereocenters. The molecule has 2 heterocycles. The standard InChI is InChI=1S/C15H15FN2O3/c1-8-9(3-4-21-8)7-18(2)13-6-12-10(5-11(13)16)14(19)15(20)17-12/h3-6,14,19H,7H2,1-2H3,(H,17,20). The Morgan fingerprint density at radius 2 is 2.24 bits per heavy atom. The smallest absolute Gasteiger partial charge is 0.257 e. The van der Waals surface area contributed by atoms with Gasteiger partial charge in [0, 0.05) is 30.4 Å². The minimum absolute atomic E-state index is 0.272. The van der Waals surface area contributed by atoms with Crippen molar-refractivity contribution in [2.24, 2.45) is 0 Å². The lowest BCUT2D eigenvalue weighted by Crippen LogP contribution is -2.18. The van der Waals surface area contributed by atoms with E-state index in [9.17, 15) is 14.3 Å². The van der Waals surface area contributed by atoms with Gasteiger partial charge in [-0.05, 0) is 25.1 Å². The van der Waals surface area contributed by atoms with Gasteiger partial charge in [-0.25, -0.2) is 4.39 Å². The fourth-order valence-electron chi connectivity index (χ4n) is 2.46. The lowest BCUT2D eigenvalue weighted by Gasteiger charge is -2.20. The van der Waals surface area contributed by atoms with E-state index in [2.05, 4.69) is 5.32 Å². The molecule has 0 fully saturated rings. The van der Waals surface area contributed by atoms with Crippen LogP contribution in [-0.2, 0) is 11.3 Å². The van der Waals surface area contributed by atoms with Gasteiger partial charge < -0.3 is 19.7 Å². The number of anilines is 2. The zero-order chi connectivity index (χ0) is 15.1. The number of fused-ring (bicyclic) bond motifs is 1. The largest absolute Gasteiger partial charge is 0.469 e. The van der Waals surface area contributed by atoms with Crippen LogP contribution in [0.2, 0.25) is 0 Å². The summed E-state index contributed by atoms with van der Waals surface area (Å²) in [6.45, 7) is 2.33. The molecule has 6 heteroatoms. The molecule has 1 unspecified atom stereocenters. The normalized spacial score (nSPS) is 16.8. The van der Waals surface area contributed by atoms with Crippen molar-refractivity contribution in [3.05, 3.63) is 47.2 Å². The highest BCUT2D eigenvalue weighted by Gasteiger charge is 2.30. The maximum atomic E-state index is 14.2. The monoisotopic (exact) mass is 290 g/mol. The molecule has 0 saturated heterocycles. The van der Waals surface area contributed by atoms with Crippen LogP contribution in [0.1, 0.15) is 23.0 Å². The Bertz CT molecular complexity index is 711. The molecule has 1 aromatic heterocycles. The van der Waals surface area contributed by atoms with E-state index in [0.29, 0.717) is 17.9 Å². The minimum Gasteiger partial charge on any atom is -0.469 e. The molecule has 0 spiro atoms. The van der Waals surface area contributed by atoms with Crippen molar-refractivity contribution in [1.82, 2.24) is 0 Å². The Hall–Kier alpha value is -2.34. The van der Waals surface area contributed by atoms with Crippen LogP contribution in [0.5, 0.6) is 0 Å². The summed E-state index contributed by atoms with van der Waals surface area (Å²) in [5, 5.41) is 12.2. The molecule has 1 amide bonds. The number of furan rings is 1. The van der Waals surface area contributed by atoms with E-state index in [-0.39, 0.29) is 5.56 Å². The molecule has 2 aromatic rings. The highest BCUT2D eigenvalue weighted by Crippen LogP contribution is 2.36. The quantitative estimate of drug-likeness (QED) is 0.910. The van der Waals surface area contributed by atoms with Crippen molar-refractivity contribution >= 4 is 17.3 Å². The first-order chi connectivity index (χ1) is 9.97. The molecule has 0 saturated carbocycles. The number of aliphatic hydroxyl groups excluding tert-OH is 1. The number of nitrogens with zero attached hydrogens (tertiary/aromatic N) is 1. The number of hydrogen-bond donors (Lipinski definition) is 2. The van der Waals surface area contributed by atoms with Gasteiger partial charge in [0.1, 0.15) is 11.6 Å². The number of amides is 1. The van der Waals surface area contributed by atoms with Crippen molar-refractivity contribution in [2.45, 2.75) is 19.6 Å². The molecule has 21 heavy (non-hydrogen) atoms. The van der Waals surface area contributed by atoms with Gasteiger partial charge in [0.15, 0.2) is 6.10 Å². The van der Waals surface area contributed by atoms with Gasteiger partial charge in [-0.1, -0.05) is 0 Å². The van der Waals surface area contributed by atoms with Crippen LogP contribution in [0.15, 0.2) is 28.9 Å². The summed E-state index contributed by atoms with van der Waals surface area (Å²) in [6.07, 6.45) is 0.290. The number of hydrogen-bond acceptors (Lipinski definition) is 4. The number of halogens is 1. The van der Waals surface area contributed by atoms with E-state index >= 15 is 0 Å². The van der Waals surface area contributed by atoms with Crippen LogP contribution in [-0.4, -0.2) is 18.1 Å². The van der Waals surface area contributed by atoms with Crippen molar-refractivity contribution in [1.29, 1.82) is 0 Å². The predicted molar refractivity (Wildman–Crippen MR) is 75.5 cm³/mol. The number of carbonyl (C=O) groups excluding carboxylic acids is 1. The highest BCUT2D eigenvalue weighted by molar-refractivity contribution is 6.02. The van der Waals surface area contributed by atoms with Crippen LogP contribution < -0.4 is 10.2 Å². The third kappa shape index (κ3) is 2.27. The van der Waals surface area contributed by atoms with Crippen LogP contribution in [0, 0.1) is 12.7 Å². The average molecular weight is 290 g/mol. The molecule has 1 aliphatic rings. The topological polar surface area (TPSA) is 65.7 Å². The van der Waals surface area contributed by atoms with Crippen molar-refractivity contribution < 1.29 is 18.7 Å². The maximum absolute atomic E-state index is 14.2. The zero-order valence-corrected chi connectivity index (χ0v) is 11.7. The number of carbonyl (C=O) groups is 1. The van der Waals surface area contributed by atoms with Crippen molar-refractivity contribution in [2.75, 3.05) is 17.3 Å². The molecule has 0 aliphatic carbocycles. The van der Waals surface area contributed by atoms with E-state index in [1.54, 1.807) is 18.2 Å². The number of benzene rings is 1. The summed E-state index contributed by atoms with van der Waals surface area (Å²) >= 11 is 0. The summed E-state index contributed by atoms with van der Waals surface area (Å²) in [6, 6.07) is 4.57. The van der Waals surface area contributed by atoms with E-state index in [4.69, 9.17) is 4.42 Å². The van der Waals surface area contributed by atoms with Gasteiger partial charge in [0.25, 0.3) is 5.91 Å². The van der Waals surface area contributed by atoms with Gasteiger partial charge in [-0.15, -0.1) is 0 Å². The Balaban J connectivity index is 1.91. The number of rotatable bonds is 3. The van der Waals surface area contributed by atoms with Crippen molar-refractivity contribution in [3.8, 4) is 0 Å². The Morgan fingerprint density at radius 3 is 2.90 bits per heavy atom. The number of aliphatic hydroxyl groups is 1. The van der Waals surface area contributed by atoms with E-state index in [1.165, 1.54) is 12.1 Å². The molecule has 5 nitrogen and oxygen atoms in total. The molecule has 2 N–H and O–H groups in total. The van der Waals surface area contributed by atoms with E-state index in [0.717, 1.165) is 11.3 Å². The van der Waals surface area contributed by atoms with Gasteiger partial charge in [0.05, 0.1) is 12.0 Å². The van der Waals surface area contributed by atoms with Crippen LogP contribution in [0.4, 0.5) is 15.8 Å². The fourth-order valence-corrected chi connectivity index (χ4v) is 2.46. The van der Waals surface area contributed by atoms with Gasteiger partial charge in [0.2, 0.25) is 0 Å². The first-order valence-corrected chi connectivity index (χ1v) is 6.54. The summed E-state index contributed by atoms with van der Waals surface area (Å²) < 4.78 is 19.4. The Labute approximate surface area is 121 Å². The molecule has 3 rings (SSSR count). The molecule has 110 valence electrons. The lowest BCUT2D eigenvalue weighted by atomic mass is 10.1. The maximum Gasteiger partial charge on any atom is 0.257 e. The van der Waals surface area contributed by atoms with Gasteiger partial charge >= 0.3 is 0 Å². The summed E-state index contributed by atoms with van der Waals surface area (Å²) in [7, 11) is 1.75. The second kappa shape index (κ2) is 4.89. The van der Waals surface area contributed by atoms with Crippen molar-refractivity contribution in [3.63, 3.8) is 0 Å². The lowest BCUT2D eigenvalue weighted by molar-refractivity contribution is -0.123. The van der Waals surface area contributed by atoms with Crippen LogP contribution in [0.3, 0.4) is 0 Å². The van der Waals surface area contributed by atoms with E-state index in [1.807, 2.05) is 13.0 Å². The van der Waals surface area contributed by atoms with Gasteiger partial charge in [-0.3, -0.25) is 4.79 Å². The molecular formula is C15H15FN2O3. The van der Waals surface area contributed by atoms with Crippen LogP contribution in [0.25, 0.3) is 0 Å². The van der Waals surface area contributed by atoms with Crippen LogP contribution >= 0.6 is 0 Å². The highest BCUT2D eigenvalue weighted by atomic mass is 19.1. The molecule has 0 radical (unpaired) electrons. The SMILES string of the molecule is Cc1occc1CN(C)c1cc2c(cc1F)C(O)C(=O)N2. The first kappa shape index (κ1) is 13.6. The number of nitrogens with one attached hydrogen (secondary N) is 1. The molecular weight excluding hydrogens is 275 g/mol. The third-order valence-electron chi connectivity index (χ3n) is 3.70. The molecule has 0 bridgehead atoms. The predicted octanol–water partition coefficient (Wildman–Crippen LogP) is 2.35. The summed E-state index contributed by atoms with van der Waals surface area (Å²) in [4.78, 5) is 13.1.